The summed E-state index contributed by atoms with van der Waals surface area (Å²) in [6.07, 6.45) is 2.37. The molecule has 110 valence electrons. The van der Waals surface area contributed by atoms with Crippen molar-refractivity contribution in [3.05, 3.63) is 0 Å². The maximum atomic E-state index is 11.8. The van der Waals surface area contributed by atoms with Crippen LogP contribution in [0.2, 0.25) is 0 Å². The monoisotopic (exact) mass is 382 g/mol. The fourth-order valence-electron chi connectivity index (χ4n) is 2.34. The van der Waals surface area contributed by atoms with Crippen molar-refractivity contribution in [3.63, 3.8) is 0 Å². The van der Waals surface area contributed by atoms with Gasteiger partial charge in [0.25, 0.3) is 0 Å². The topological polar surface area (TPSA) is 71.2 Å². The van der Waals surface area contributed by atoms with Gasteiger partial charge in [-0.2, -0.15) is 0 Å². The lowest BCUT2D eigenvalue weighted by atomic mass is 10.3. The van der Waals surface area contributed by atoms with E-state index in [0.717, 1.165) is 39.0 Å². The van der Waals surface area contributed by atoms with E-state index in [2.05, 4.69) is 4.99 Å². The molecule has 0 saturated carbocycles. The first-order chi connectivity index (χ1) is 8.66. The van der Waals surface area contributed by atoms with Crippen LogP contribution in [0.25, 0.3) is 0 Å². The van der Waals surface area contributed by atoms with E-state index in [1.54, 1.807) is 0 Å². The van der Waals surface area contributed by atoms with E-state index in [0.29, 0.717) is 12.6 Å². The zero-order valence-corrected chi connectivity index (χ0v) is 13.7. The number of halogens is 1. The summed E-state index contributed by atoms with van der Waals surface area (Å²) >= 11 is 0. The highest BCUT2D eigenvalue weighted by atomic mass is 127. The first-order valence-corrected chi connectivity index (χ1v) is 6.61. The number of aliphatic imine (C=N–C) groups is 1. The Bertz CT molecular complexity index is 332. The summed E-state index contributed by atoms with van der Waals surface area (Å²) in [5.41, 5.74) is 5.91. The number of hydrogen-bond donors (Lipinski definition) is 1. The molecule has 0 aromatic carbocycles. The van der Waals surface area contributed by atoms with Crippen molar-refractivity contribution in [2.45, 2.75) is 25.9 Å². The Hall–Kier alpha value is -0.570. The smallest absolute Gasteiger partial charge is 0.244 e. The van der Waals surface area contributed by atoms with E-state index in [4.69, 9.17) is 10.5 Å². The molecule has 0 radical (unpaired) electrons. The van der Waals surface area contributed by atoms with Crippen LogP contribution in [0.15, 0.2) is 4.99 Å². The van der Waals surface area contributed by atoms with E-state index >= 15 is 0 Å². The third-order valence-corrected chi connectivity index (χ3v) is 3.40. The number of morpholine rings is 1. The lowest BCUT2D eigenvalue weighted by molar-refractivity contribution is -0.128. The third-order valence-electron chi connectivity index (χ3n) is 3.40. The van der Waals surface area contributed by atoms with Crippen LogP contribution in [0, 0.1) is 0 Å². The van der Waals surface area contributed by atoms with Crippen molar-refractivity contribution in [3.8, 4) is 0 Å². The number of likely N-dealkylation sites (tertiary alicyclic amines) is 1. The van der Waals surface area contributed by atoms with Crippen molar-refractivity contribution in [2.75, 3.05) is 39.3 Å². The first kappa shape index (κ1) is 16.5. The molecule has 1 atom stereocenters. The van der Waals surface area contributed by atoms with Gasteiger partial charge in [0.2, 0.25) is 5.91 Å². The zero-order chi connectivity index (χ0) is 13.0. The van der Waals surface area contributed by atoms with Crippen LogP contribution in [-0.2, 0) is 9.53 Å². The molecule has 2 aliphatic heterocycles. The molecule has 7 heteroatoms. The summed E-state index contributed by atoms with van der Waals surface area (Å²) in [4.78, 5) is 19.9. The van der Waals surface area contributed by atoms with E-state index in [9.17, 15) is 4.79 Å². The molecule has 2 saturated heterocycles. The van der Waals surface area contributed by atoms with Gasteiger partial charge in [0.05, 0.1) is 12.7 Å². The molecule has 6 nitrogen and oxygen atoms in total. The average molecular weight is 382 g/mol. The van der Waals surface area contributed by atoms with E-state index in [1.165, 1.54) is 0 Å². The number of carbonyl (C=O) groups is 1. The summed E-state index contributed by atoms with van der Waals surface area (Å²) in [5.74, 6) is 0.537. The molecule has 0 spiro atoms. The number of hydrogen-bond acceptors (Lipinski definition) is 3. The van der Waals surface area contributed by atoms with Gasteiger partial charge < -0.3 is 20.3 Å². The zero-order valence-electron chi connectivity index (χ0n) is 11.4. The van der Waals surface area contributed by atoms with Crippen LogP contribution in [-0.4, -0.2) is 67.1 Å². The molecule has 1 unspecified atom stereocenters. The highest BCUT2D eigenvalue weighted by Gasteiger charge is 2.20. The van der Waals surface area contributed by atoms with Crippen LogP contribution in [0.3, 0.4) is 0 Å². The molecular weight excluding hydrogens is 359 g/mol. The highest BCUT2D eigenvalue weighted by Crippen LogP contribution is 2.08. The van der Waals surface area contributed by atoms with Crippen molar-refractivity contribution >= 4 is 35.8 Å². The van der Waals surface area contributed by atoms with Crippen molar-refractivity contribution < 1.29 is 9.53 Å². The van der Waals surface area contributed by atoms with Crippen LogP contribution in [0.4, 0.5) is 0 Å². The summed E-state index contributed by atoms with van der Waals surface area (Å²) in [6, 6.07) is 0. The summed E-state index contributed by atoms with van der Waals surface area (Å²) < 4.78 is 5.44. The predicted molar refractivity (Wildman–Crippen MR) is 84.7 cm³/mol. The Morgan fingerprint density at radius 2 is 2.00 bits per heavy atom. The van der Waals surface area contributed by atoms with Crippen molar-refractivity contribution in [1.29, 1.82) is 0 Å². The quantitative estimate of drug-likeness (QED) is 0.423. The van der Waals surface area contributed by atoms with Gasteiger partial charge >= 0.3 is 0 Å². The Labute approximate surface area is 131 Å². The summed E-state index contributed by atoms with van der Waals surface area (Å²) in [7, 11) is 0. The Kier molecular flexibility index (Phi) is 6.84. The molecule has 0 aliphatic carbocycles. The normalized spacial score (nSPS) is 24.3. The standard InChI is InChI=1S/C12H22N4O2.HI/c1-10-9-16(6-7-18-10)12(13)14-8-11(17)15-4-2-3-5-15;/h10H,2-9H2,1H3,(H2,13,14);1H. The molecule has 0 aromatic rings. The summed E-state index contributed by atoms with van der Waals surface area (Å²) in [6.45, 7) is 6.06. The van der Waals surface area contributed by atoms with Gasteiger partial charge in [-0.25, -0.2) is 4.99 Å². The minimum Gasteiger partial charge on any atom is -0.375 e. The lowest BCUT2D eigenvalue weighted by Crippen LogP contribution is -2.48. The minimum atomic E-state index is 0. The first-order valence-electron chi connectivity index (χ1n) is 6.61. The fourth-order valence-corrected chi connectivity index (χ4v) is 2.34. The van der Waals surface area contributed by atoms with Crippen LogP contribution in [0.5, 0.6) is 0 Å². The van der Waals surface area contributed by atoms with Gasteiger partial charge in [0.1, 0.15) is 6.54 Å². The molecule has 0 bridgehead atoms. The number of nitrogens with two attached hydrogens (primary N) is 1. The molecule has 2 rings (SSSR count). The molecule has 1 amide bonds. The number of amides is 1. The Morgan fingerprint density at radius 1 is 1.32 bits per heavy atom. The number of rotatable bonds is 2. The van der Waals surface area contributed by atoms with Crippen molar-refractivity contribution in [1.82, 2.24) is 9.80 Å². The van der Waals surface area contributed by atoms with Gasteiger partial charge in [-0.15, -0.1) is 24.0 Å². The fraction of sp³-hybridized carbons (Fsp3) is 0.833. The lowest BCUT2D eigenvalue weighted by Gasteiger charge is -2.31. The largest absolute Gasteiger partial charge is 0.375 e. The second-order valence-electron chi connectivity index (χ2n) is 4.89. The van der Waals surface area contributed by atoms with Gasteiger partial charge in [0.15, 0.2) is 5.96 Å². The molecule has 2 aliphatic rings. The van der Waals surface area contributed by atoms with Gasteiger partial charge in [-0.05, 0) is 19.8 Å². The van der Waals surface area contributed by atoms with Crippen LogP contribution in [0.1, 0.15) is 19.8 Å². The van der Waals surface area contributed by atoms with Gasteiger partial charge in [-0.1, -0.05) is 0 Å². The van der Waals surface area contributed by atoms with Gasteiger partial charge in [-0.3, -0.25) is 4.79 Å². The van der Waals surface area contributed by atoms with Gasteiger partial charge in [0, 0.05) is 26.2 Å². The van der Waals surface area contributed by atoms with E-state index in [-0.39, 0.29) is 42.5 Å². The van der Waals surface area contributed by atoms with Crippen LogP contribution < -0.4 is 5.73 Å². The number of nitrogens with zero attached hydrogens (tertiary/aromatic N) is 3. The van der Waals surface area contributed by atoms with E-state index in [1.807, 2.05) is 16.7 Å². The molecular formula is C12H23IN4O2. The Morgan fingerprint density at radius 3 is 2.63 bits per heavy atom. The molecule has 19 heavy (non-hydrogen) atoms. The molecule has 0 aromatic heterocycles. The molecule has 2 heterocycles. The second-order valence-corrected chi connectivity index (χ2v) is 4.89. The number of guanidine groups is 1. The van der Waals surface area contributed by atoms with Crippen molar-refractivity contribution in [2.24, 2.45) is 10.7 Å². The predicted octanol–water partition coefficient (Wildman–Crippen LogP) is 0.262. The van der Waals surface area contributed by atoms with Crippen LogP contribution >= 0.6 is 24.0 Å². The Balaban J connectivity index is 0.00000180. The average Bonchev–Trinajstić information content (AvgIpc) is 2.89. The number of ether oxygens (including phenoxy) is 1. The highest BCUT2D eigenvalue weighted by molar-refractivity contribution is 14.0. The molecule has 2 fully saturated rings. The van der Waals surface area contributed by atoms with E-state index < -0.39 is 0 Å². The third kappa shape index (κ3) is 4.79. The summed E-state index contributed by atoms with van der Waals surface area (Å²) in [5, 5.41) is 0. The number of carbonyl (C=O) groups excluding carboxylic acids is 1. The maximum absolute atomic E-state index is 11.8. The maximum Gasteiger partial charge on any atom is 0.244 e. The molecule has 2 N–H and O–H groups in total. The SMILES string of the molecule is CC1CN(C(N)=NCC(=O)N2CCCC2)CCO1.I. The minimum absolute atomic E-state index is 0. The second kappa shape index (κ2) is 7.88.